The number of carbonyl (C=O) groups excluding carboxylic acids is 1. The van der Waals surface area contributed by atoms with Crippen molar-refractivity contribution >= 4 is 5.91 Å². The molecule has 1 saturated heterocycles. The molecule has 106 valence electrons. The molecule has 2 atom stereocenters. The number of ether oxygens (including phenoxy) is 1. The fourth-order valence-corrected chi connectivity index (χ4v) is 3.75. The second kappa shape index (κ2) is 4.62. The van der Waals surface area contributed by atoms with Crippen LogP contribution in [0.2, 0.25) is 0 Å². The van der Waals surface area contributed by atoms with Gasteiger partial charge >= 0.3 is 0 Å². The summed E-state index contributed by atoms with van der Waals surface area (Å²) >= 11 is 0. The Morgan fingerprint density at radius 3 is 2.67 bits per heavy atom. The molecule has 1 spiro atoms. The van der Waals surface area contributed by atoms with Gasteiger partial charge in [0.05, 0.1) is 12.6 Å². The molecule has 2 aromatic carbocycles. The van der Waals surface area contributed by atoms with Gasteiger partial charge in [0.2, 0.25) is 5.91 Å². The van der Waals surface area contributed by atoms with Gasteiger partial charge in [0.1, 0.15) is 5.75 Å². The summed E-state index contributed by atoms with van der Waals surface area (Å²) in [5.41, 5.74) is 2.14. The first-order valence-corrected chi connectivity index (χ1v) is 7.36. The lowest BCUT2D eigenvalue weighted by Gasteiger charge is -2.39. The third kappa shape index (κ3) is 1.84. The van der Waals surface area contributed by atoms with Gasteiger partial charge in [-0.1, -0.05) is 48.5 Å². The van der Waals surface area contributed by atoms with Crippen molar-refractivity contribution in [3.05, 3.63) is 65.7 Å². The predicted octanol–water partition coefficient (Wildman–Crippen LogP) is 2.97. The fraction of sp³-hybridized carbons (Fsp3) is 0.278. The van der Waals surface area contributed by atoms with E-state index in [0.29, 0.717) is 13.0 Å². The van der Waals surface area contributed by atoms with Crippen LogP contribution in [-0.2, 0) is 10.2 Å². The summed E-state index contributed by atoms with van der Waals surface area (Å²) in [6.45, 7) is 0.662. The molecule has 2 unspecified atom stereocenters. The molecule has 3 heteroatoms. The van der Waals surface area contributed by atoms with Gasteiger partial charge in [-0.15, -0.1) is 0 Å². The molecule has 1 fully saturated rings. The Morgan fingerprint density at radius 2 is 1.81 bits per heavy atom. The van der Waals surface area contributed by atoms with E-state index in [1.807, 2.05) is 36.4 Å². The van der Waals surface area contributed by atoms with E-state index in [2.05, 4.69) is 23.5 Å². The van der Waals surface area contributed by atoms with Gasteiger partial charge in [-0.2, -0.15) is 0 Å². The third-order valence-corrected chi connectivity index (χ3v) is 4.70. The first-order chi connectivity index (χ1) is 10.3. The number of hydrogen-bond acceptors (Lipinski definition) is 2. The molecular formula is C18H17NO2. The number of rotatable bonds is 1. The van der Waals surface area contributed by atoms with E-state index in [0.717, 1.165) is 17.7 Å². The molecule has 0 bridgehead atoms. The van der Waals surface area contributed by atoms with Crippen molar-refractivity contribution in [1.29, 1.82) is 0 Å². The van der Waals surface area contributed by atoms with Crippen LogP contribution in [0.3, 0.4) is 0 Å². The molecule has 1 amide bonds. The summed E-state index contributed by atoms with van der Waals surface area (Å²) in [4.78, 5) is 12.2. The lowest BCUT2D eigenvalue weighted by atomic mass is 9.68. The third-order valence-electron chi connectivity index (χ3n) is 4.70. The maximum absolute atomic E-state index is 12.2. The van der Waals surface area contributed by atoms with Crippen LogP contribution in [0.5, 0.6) is 5.75 Å². The van der Waals surface area contributed by atoms with Crippen molar-refractivity contribution in [3.63, 3.8) is 0 Å². The van der Waals surface area contributed by atoms with E-state index in [-0.39, 0.29) is 17.4 Å². The van der Waals surface area contributed by atoms with Crippen molar-refractivity contribution in [1.82, 2.24) is 5.32 Å². The van der Waals surface area contributed by atoms with E-state index in [1.165, 1.54) is 5.56 Å². The molecule has 21 heavy (non-hydrogen) atoms. The average Bonchev–Trinajstić information content (AvgIpc) is 2.86. The Kier molecular flexibility index (Phi) is 2.74. The van der Waals surface area contributed by atoms with E-state index in [9.17, 15) is 4.79 Å². The van der Waals surface area contributed by atoms with Crippen molar-refractivity contribution < 1.29 is 9.53 Å². The van der Waals surface area contributed by atoms with Crippen molar-refractivity contribution in [2.24, 2.45) is 0 Å². The molecule has 4 rings (SSSR count). The molecule has 1 N–H and O–H groups in total. The number of hydrogen-bond donors (Lipinski definition) is 1. The Morgan fingerprint density at radius 1 is 1.05 bits per heavy atom. The summed E-state index contributed by atoms with van der Waals surface area (Å²) in [5, 5.41) is 3.18. The van der Waals surface area contributed by atoms with Crippen LogP contribution in [0, 0.1) is 0 Å². The van der Waals surface area contributed by atoms with Gasteiger partial charge in [0, 0.05) is 17.4 Å². The monoisotopic (exact) mass is 279 g/mol. The van der Waals surface area contributed by atoms with Crippen LogP contribution in [0.1, 0.15) is 30.0 Å². The topological polar surface area (TPSA) is 38.3 Å². The van der Waals surface area contributed by atoms with E-state index in [4.69, 9.17) is 4.74 Å². The first-order valence-electron chi connectivity index (χ1n) is 7.36. The zero-order valence-electron chi connectivity index (χ0n) is 11.7. The van der Waals surface area contributed by atoms with Crippen LogP contribution < -0.4 is 10.1 Å². The van der Waals surface area contributed by atoms with Gasteiger partial charge in [-0.25, -0.2) is 0 Å². The van der Waals surface area contributed by atoms with Crippen LogP contribution in [0.15, 0.2) is 54.6 Å². The molecular weight excluding hydrogens is 262 g/mol. The maximum atomic E-state index is 12.2. The largest absolute Gasteiger partial charge is 0.493 e. The zero-order valence-corrected chi connectivity index (χ0v) is 11.7. The number of benzene rings is 2. The smallest absolute Gasteiger partial charge is 0.221 e. The molecule has 0 radical (unpaired) electrons. The van der Waals surface area contributed by atoms with Gasteiger partial charge in [0.15, 0.2) is 0 Å². The molecule has 2 heterocycles. The van der Waals surface area contributed by atoms with Gasteiger partial charge in [-0.3, -0.25) is 4.79 Å². The van der Waals surface area contributed by atoms with Crippen LogP contribution >= 0.6 is 0 Å². The normalized spacial score (nSPS) is 27.0. The Bertz CT molecular complexity index is 683. The standard InChI is InChI=1S/C18H17NO2/c20-16-12-18(17(19-16)13-6-2-1-3-7-13)10-11-21-15-9-5-4-8-14(15)18/h1-9,17H,10-12H2,(H,19,20). The van der Waals surface area contributed by atoms with Crippen molar-refractivity contribution in [2.75, 3.05) is 6.61 Å². The van der Waals surface area contributed by atoms with E-state index >= 15 is 0 Å². The highest BCUT2D eigenvalue weighted by molar-refractivity contribution is 5.82. The highest BCUT2D eigenvalue weighted by Gasteiger charge is 2.51. The first kappa shape index (κ1) is 12.5. The SMILES string of the molecule is O=C1CC2(CCOc3ccccc32)C(c2ccccc2)N1. The fourth-order valence-electron chi connectivity index (χ4n) is 3.75. The van der Waals surface area contributed by atoms with Gasteiger partial charge in [-0.05, 0) is 18.1 Å². The highest BCUT2D eigenvalue weighted by atomic mass is 16.5. The molecule has 2 aliphatic heterocycles. The maximum Gasteiger partial charge on any atom is 0.221 e. The molecule has 0 saturated carbocycles. The Labute approximate surface area is 123 Å². The van der Waals surface area contributed by atoms with Crippen LogP contribution in [-0.4, -0.2) is 12.5 Å². The van der Waals surface area contributed by atoms with Crippen LogP contribution in [0.25, 0.3) is 0 Å². The molecule has 2 aliphatic rings. The van der Waals surface area contributed by atoms with Gasteiger partial charge in [0.25, 0.3) is 0 Å². The lowest BCUT2D eigenvalue weighted by Crippen LogP contribution is -2.38. The molecule has 0 aliphatic carbocycles. The summed E-state index contributed by atoms with van der Waals surface area (Å²) in [5.74, 6) is 1.04. The van der Waals surface area contributed by atoms with Gasteiger partial charge < -0.3 is 10.1 Å². The summed E-state index contributed by atoms with van der Waals surface area (Å²) in [7, 11) is 0. The van der Waals surface area contributed by atoms with Crippen LogP contribution in [0.4, 0.5) is 0 Å². The number of carbonyl (C=O) groups is 1. The predicted molar refractivity (Wildman–Crippen MR) is 80.2 cm³/mol. The van der Waals surface area contributed by atoms with E-state index < -0.39 is 0 Å². The second-order valence-corrected chi connectivity index (χ2v) is 5.84. The minimum absolute atomic E-state index is 0.0243. The second-order valence-electron chi connectivity index (χ2n) is 5.84. The van der Waals surface area contributed by atoms with Crippen molar-refractivity contribution in [2.45, 2.75) is 24.3 Å². The van der Waals surface area contributed by atoms with Crippen molar-refractivity contribution in [3.8, 4) is 5.75 Å². The molecule has 0 aromatic heterocycles. The molecule has 3 nitrogen and oxygen atoms in total. The average molecular weight is 279 g/mol. The number of fused-ring (bicyclic) bond motifs is 2. The minimum Gasteiger partial charge on any atom is -0.493 e. The number of amides is 1. The molecule has 2 aromatic rings. The van der Waals surface area contributed by atoms with E-state index in [1.54, 1.807) is 0 Å². The lowest BCUT2D eigenvalue weighted by molar-refractivity contribution is -0.119. The minimum atomic E-state index is -0.187. The summed E-state index contributed by atoms with van der Waals surface area (Å²) in [6, 6.07) is 18.4. The summed E-state index contributed by atoms with van der Waals surface area (Å²) in [6.07, 6.45) is 1.40. The summed E-state index contributed by atoms with van der Waals surface area (Å²) < 4.78 is 5.79. The highest BCUT2D eigenvalue weighted by Crippen LogP contribution is 2.51. The number of nitrogens with one attached hydrogen (secondary N) is 1. The number of para-hydroxylation sites is 1. The zero-order chi connectivity index (χ0) is 14.3. The Hall–Kier alpha value is -2.29. The quantitative estimate of drug-likeness (QED) is 0.871. The Balaban J connectivity index is 1.88.